The molecule has 0 aliphatic heterocycles. The highest BCUT2D eigenvalue weighted by molar-refractivity contribution is 6.11. The fourth-order valence-electron chi connectivity index (χ4n) is 3.19. The number of fused-ring (bicyclic) bond motifs is 1. The molecule has 3 aromatic rings. The number of anilines is 2. The Kier molecular flexibility index (Phi) is 7.65. The van der Waals surface area contributed by atoms with E-state index in [-0.39, 0.29) is 12.2 Å². The summed E-state index contributed by atoms with van der Waals surface area (Å²) in [7, 11) is 1.32. The number of rotatable bonds is 9. The minimum absolute atomic E-state index is 0.237. The van der Waals surface area contributed by atoms with Crippen molar-refractivity contribution in [1.29, 1.82) is 0 Å². The van der Waals surface area contributed by atoms with E-state index in [1.165, 1.54) is 13.3 Å². The van der Waals surface area contributed by atoms with Crippen LogP contribution < -0.4 is 10.1 Å². The minimum Gasteiger partial charge on any atom is -0.494 e. The Hall–Kier alpha value is -3.61. The van der Waals surface area contributed by atoms with Crippen LogP contribution in [0.15, 0.2) is 48.7 Å². The largest absolute Gasteiger partial charge is 0.494 e. The summed E-state index contributed by atoms with van der Waals surface area (Å²) in [5.74, 6) is 0.351. The molecule has 7 heteroatoms. The predicted molar refractivity (Wildman–Crippen MR) is 124 cm³/mol. The van der Waals surface area contributed by atoms with Crippen LogP contribution in [0.4, 0.5) is 11.4 Å². The van der Waals surface area contributed by atoms with E-state index in [2.05, 4.69) is 24.1 Å². The third kappa shape index (κ3) is 5.35. The smallest absolute Gasteiger partial charge is 0.341 e. The van der Waals surface area contributed by atoms with E-state index in [4.69, 9.17) is 14.2 Å². The first kappa shape index (κ1) is 23.1. The molecule has 0 radical (unpaired) electrons. The van der Waals surface area contributed by atoms with Crippen molar-refractivity contribution < 1.29 is 23.8 Å². The molecule has 3 rings (SSSR count). The molecule has 0 saturated carbocycles. The van der Waals surface area contributed by atoms with Gasteiger partial charge in [0.05, 0.1) is 37.1 Å². The number of hydrogen-bond acceptors (Lipinski definition) is 7. The first-order chi connectivity index (χ1) is 15.4. The number of nitrogens with one attached hydrogen (secondary N) is 1. The highest BCUT2D eigenvalue weighted by atomic mass is 16.5. The molecule has 1 N–H and O–H groups in total. The molecule has 0 aliphatic rings. The van der Waals surface area contributed by atoms with Crippen molar-refractivity contribution in [3.63, 3.8) is 0 Å². The highest BCUT2D eigenvalue weighted by Crippen LogP contribution is 2.32. The molecule has 7 nitrogen and oxygen atoms in total. The van der Waals surface area contributed by atoms with Crippen molar-refractivity contribution in [2.45, 2.75) is 27.2 Å². The van der Waals surface area contributed by atoms with E-state index < -0.39 is 11.9 Å². The summed E-state index contributed by atoms with van der Waals surface area (Å²) in [6.07, 6.45) is 2.40. The Labute approximate surface area is 187 Å². The zero-order chi connectivity index (χ0) is 23.1. The average molecular weight is 437 g/mol. The second-order valence-corrected chi connectivity index (χ2v) is 7.64. The van der Waals surface area contributed by atoms with Gasteiger partial charge in [0.2, 0.25) is 0 Å². The van der Waals surface area contributed by atoms with Gasteiger partial charge in [0.25, 0.3) is 0 Å². The summed E-state index contributed by atoms with van der Waals surface area (Å²) in [5.41, 5.74) is 2.29. The number of carbonyl (C=O) groups excluding carboxylic acids is 2. The Morgan fingerprint density at radius 2 is 1.78 bits per heavy atom. The SMILES string of the molecule is CCOC(=O)c1cnc2c(C(=O)OC)cccc2c1Nc1ccc(OCCC(C)C)cc1. The van der Waals surface area contributed by atoms with Crippen LogP contribution in [0, 0.1) is 5.92 Å². The maximum Gasteiger partial charge on any atom is 0.341 e. The highest BCUT2D eigenvalue weighted by Gasteiger charge is 2.20. The molecule has 0 aliphatic carbocycles. The molecule has 0 atom stereocenters. The molecule has 1 heterocycles. The molecule has 1 aromatic heterocycles. The van der Waals surface area contributed by atoms with Crippen molar-refractivity contribution in [3.8, 4) is 5.75 Å². The quantitative estimate of drug-likeness (QED) is 0.451. The van der Waals surface area contributed by atoms with Crippen molar-refractivity contribution in [1.82, 2.24) is 4.98 Å². The second kappa shape index (κ2) is 10.6. The van der Waals surface area contributed by atoms with Gasteiger partial charge in [-0.05, 0) is 49.6 Å². The van der Waals surface area contributed by atoms with Crippen LogP contribution in [0.25, 0.3) is 10.9 Å². The van der Waals surface area contributed by atoms with E-state index in [0.29, 0.717) is 34.7 Å². The summed E-state index contributed by atoms with van der Waals surface area (Å²) in [4.78, 5) is 29.1. The molecular formula is C25H28N2O5. The molecule has 0 fully saturated rings. The predicted octanol–water partition coefficient (Wildman–Crippen LogP) is 5.37. The molecule has 0 bridgehead atoms. The molecule has 2 aromatic carbocycles. The monoisotopic (exact) mass is 436 g/mol. The standard InChI is InChI=1S/C25H28N2O5/c1-5-31-25(29)21-15-26-22-19(7-6-8-20(22)24(28)30-4)23(21)27-17-9-11-18(12-10-17)32-14-13-16(2)3/h6-12,15-16H,5,13-14H2,1-4H3,(H,26,27). The number of benzene rings is 2. The van der Waals surface area contributed by atoms with Gasteiger partial charge in [-0.1, -0.05) is 26.0 Å². The summed E-state index contributed by atoms with van der Waals surface area (Å²) in [6.45, 7) is 6.95. The van der Waals surface area contributed by atoms with E-state index in [0.717, 1.165) is 17.9 Å². The van der Waals surface area contributed by atoms with Crippen LogP contribution in [0.1, 0.15) is 47.9 Å². The summed E-state index contributed by atoms with van der Waals surface area (Å²) >= 11 is 0. The molecule has 0 saturated heterocycles. The normalized spacial score (nSPS) is 10.8. The van der Waals surface area contributed by atoms with Gasteiger partial charge in [0, 0.05) is 17.3 Å². The summed E-state index contributed by atoms with van der Waals surface area (Å²) in [6, 6.07) is 12.6. The van der Waals surface area contributed by atoms with Crippen molar-refractivity contribution in [2.24, 2.45) is 5.92 Å². The zero-order valence-electron chi connectivity index (χ0n) is 18.8. The number of nitrogens with zero attached hydrogens (tertiary/aromatic N) is 1. The molecular weight excluding hydrogens is 408 g/mol. The number of pyridine rings is 1. The lowest BCUT2D eigenvalue weighted by Crippen LogP contribution is -2.10. The van der Waals surface area contributed by atoms with Crippen LogP contribution in [0.2, 0.25) is 0 Å². The molecule has 0 spiro atoms. The van der Waals surface area contributed by atoms with Gasteiger partial charge >= 0.3 is 11.9 Å². The van der Waals surface area contributed by atoms with Crippen LogP contribution in [0.5, 0.6) is 5.75 Å². The number of para-hydroxylation sites is 1. The third-order valence-corrected chi connectivity index (χ3v) is 4.89. The number of esters is 2. The molecule has 32 heavy (non-hydrogen) atoms. The fourth-order valence-corrected chi connectivity index (χ4v) is 3.19. The lowest BCUT2D eigenvalue weighted by atomic mass is 10.0. The molecule has 0 amide bonds. The lowest BCUT2D eigenvalue weighted by Gasteiger charge is -2.16. The van der Waals surface area contributed by atoms with Gasteiger partial charge in [-0.25, -0.2) is 9.59 Å². The Bertz CT molecular complexity index is 1090. The van der Waals surface area contributed by atoms with Gasteiger partial charge < -0.3 is 19.5 Å². The van der Waals surface area contributed by atoms with Gasteiger partial charge in [0.1, 0.15) is 11.3 Å². The number of methoxy groups -OCH3 is 1. The fraction of sp³-hybridized carbons (Fsp3) is 0.320. The van der Waals surface area contributed by atoms with E-state index in [1.807, 2.05) is 24.3 Å². The second-order valence-electron chi connectivity index (χ2n) is 7.64. The van der Waals surface area contributed by atoms with Crippen LogP contribution in [-0.2, 0) is 9.47 Å². The van der Waals surface area contributed by atoms with Gasteiger partial charge in [0.15, 0.2) is 0 Å². The van der Waals surface area contributed by atoms with Crippen molar-refractivity contribution in [3.05, 3.63) is 59.8 Å². The average Bonchev–Trinajstić information content (AvgIpc) is 2.79. The number of carbonyl (C=O) groups is 2. The van der Waals surface area contributed by atoms with Gasteiger partial charge in [-0.2, -0.15) is 0 Å². The molecule has 0 unspecified atom stereocenters. The zero-order valence-corrected chi connectivity index (χ0v) is 18.8. The van der Waals surface area contributed by atoms with Gasteiger partial charge in [-0.3, -0.25) is 4.98 Å². The van der Waals surface area contributed by atoms with Crippen LogP contribution in [-0.4, -0.2) is 37.2 Å². The summed E-state index contributed by atoms with van der Waals surface area (Å²) < 4.78 is 15.9. The Morgan fingerprint density at radius 3 is 2.44 bits per heavy atom. The first-order valence-electron chi connectivity index (χ1n) is 10.6. The van der Waals surface area contributed by atoms with Crippen LogP contribution >= 0.6 is 0 Å². The van der Waals surface area contributed by atoms with E-state index >= 15 is 0 Å². The topological polar surface area (TPSA) is 86.8 Å². The summed E-state index contributed by atoms with van der Waals surface area (Å²) in [5, 5.41) is 3.90. The molecule has 168 valence electrons. The van der Waals surface area contributed by atoms with Crippen molar-refractivity contribution in [2.75, 3.05) is 25.6 Å². The van der Waals surface area contributed by atoms with Crippen molar-refractivity contribution >= 4 is 34.2 Å². The maximum absolute atomic E-state index is 12.6. The maximum atomic E-state index is 12.6. The number of aromatic nitrogens is 1. The van der Waals surface area contributed by atoms with Crippen LogP contribution in [0.3, 0.4) is 0 Å². The number of hydrogen-bond donors (Lipinski definition) is 1. The van der Waals surface area contributed by atoms with Gasteiger partial charge in [-0.15, -0.1) is 0 Å². The Morgan fingerprint density at radius 1 is 1.03 bits per heavy atom. The Balaban J connectivity index is 1.98. The van der Waals surface area contributed by atoms with E-state index in [1.54, 1.807) is 25.1 Å². The number of ether oxygens (including phenoxy) is 3. The third-order valence-electron chi connectivity index (χ3n) is 4.89. The lowest BCUT2D eigenvalue weighted by molar-refractivity contribution is 0.0526. The van der Waals surface area contributed by atoms with E-state index in [9.17, 15) is 9.59 Å². The first-order valence-corrected chi connectivity index (χ1v) is 10.6. The minimum atomic E-state index is -0.499.